The zero-order valence-corrected chi connectivity index (χ0v) is 12.2. The summed E-state index contributed by atoms with van der Waals surface area (Å²) in [6.45, 7) is 0. The van der Waals surface area contributed by atoms with Gasteiger partial charge in [0.2, 0.25) is 0 Å². The molecular weight excluding hydrogens is 304 g/mol. The summed E-state index contributed by atoms with van der Waals surface area (Å²) in [6.07, 6.45) is 4.64. The predicted octanol–water partition coefficient (Wildman–Crippen LogP) is 1.42. The van der Waals surface area contributed by atoms with Crippen molar-refractivity contribution in [3.63, 3.8) is 0 Å². The van der Waals surface area contributed by atoms with Gasteiger partial charge < -0.3 is 5.11 Å². The summed E-state index contributed by atoms with van der Waals surface area (Å²) in [5.74, 6) is -1.12. The van der Waals surface area contributed by atoms with Crippen molar-refractivity contribution >= 4 is 29.9 Å². The molecule has 0 bridgehead atoms. The summed E-state index contributed by atoms with van der Waals surface area (Å²) in [7, 11) is 0. The van der Waals surface area contributed by atoms with E-state index in [0.717, 1.165) is 0 Å². The van der Waals surface area contributed by atoms with Crippen molar-refractivity contribution in [1.29, 1.82) is 0 Å². The lowest BCUT2D eigenvalue weighted by Crippen LogP contribution is -2.19. The Morgan fingerprint density at radius 3 is 2.55 bits per heavy atom. The topological polar surface area (TPSA) is 105 Å². The Labute approximate surface area is 130 Å². The first-order valence-electron chi connectivity index (χ1n) is 6.20. The van der Waals surface area contributed by atoms with E-state index in [1.165, 1.54) is 30.1 Å². The fraction of sp³-hybridized carbons (Fsp3) is 0.0714. The van der Waals surface area contributed by atoms with E-state index in [-0.39, 0.29) is 17.2 Å². The van der Waals surface area contributed by atoms with Crippen molar-refractivity contribution < 1.29 is 14.7 Å². The van der Waals surface area contributed by atoms with Crippen molar-refractivity contribution in [2.45, 2.75) is 5.16 Å². The number of rotatable bonds is 6. The standard InChI is InChI=1S/C14H12N4O3S/c19-12(9-22-14-15-6-1-7-16-14)18-17-8-10-2-4-11(5-3-10)13(20)21/h1-8H,9H2,(H,18,19)(H,20,21)/b17-8+. The molecule has 1 aromatic carbocycles. The monoisotopic (exact) mass is 316 g/mol. The Morgan fingerprint density at radius 1 is 1.23 bits per heavy atom. The van der Waals surface area contributed by atoms with E-state index >= 15 is 0 Å². The molecule has 1 aromatic heterocycles. The zero-order valence-electron chi connectivity index (χ0n) is 11.3. The van der Waals surface area contributed by atoms with E-state index in [1.54, 1.807) is 30.6 Å². The molecule has 0 atom stereocenters. The fourth-order valence-electron chi connectivity index (χ4n) is 1.41. The second kappa shape index (κ2) is 7.89. The number of hydrogen-bond donors (Lipinski definition) is 2. The molecule has 0 aliphatic rings. The molecule has 1 amide bonds. The highest BCUT2D eigenvalue weighted by molar-refractivity contribution is 7.99. The number of thioether (sulfide) groups is 1. The number of nitrogens with one attached hydrogen (secondary N) is 1. The van der Waals surface area contributed by atoms with Crippen LogP contribution >= 0.6 is 11.8 Å². The van der Waals surface area contributed by atoms with Gasteiger partial charge in [-0.15, -0.1) is 0 Å². The highest BCUT2D eigenvalue weighted by atomic mass is 32.2. The molecule has 2 rings (SSSR count). The number of amides is 1. The first-order chi connectivity index (χ1) is 10.6. The number of carbonyl (C=O) groups is 2. The molecule has 0 spiro atoms. The Bertz CT molecular complexity index is 674. The van der Waals surface area contributed by atoms with Gasteiger partial charge in [0.15, 0.2) is 5.16 Å². The third kappa shape index (κ3) is 4.98. The second-order valence-corrected chi connectivity index (χ2v) is 4.98. The molecule has 0 fully saturated rings. The minimum Gasteiger partial charge on any atom is -0.478 e. The van der Waals surface area contributed by atoms with Crippen molar-refractivity contribution in [1.82, 2.24) is 15.4 Å². The summed E-state index contributed by atoms with van der Waals surface area (Å²) >= 11 is 1.21. The minimum atomic E-state index is -0.989. The van der Waals surface area contributed by atoms with Gasteiger partial charge in [0.1, 0.15) is 0 Å². The average Bonchev–Trinajstić information content (AvgIpc) is 2.54. The van der Waals surface area contributed by atoms with Crippen molar-refractivity contribution in [3.05, 3.63) is 53.9 Å². The maximum Gasteiger partial charge on any atom is 0.335 e. The van der Waals surface area contributed by atoms with Crippen LogP contribution in [0.15, 0.2) is 53.0 Å². The molecule has 0 radical (unpaired) electrons. The molecule has 0 aliphatic heterocycles. The number of aromatic nitrogens is 2. The van der Waals surface area contributed by atoms with Gasteiger partial charge in [-0.1, -0.05) is 23.9 Å². The van der Waals surface area contributed by atoms with Crippen LogP contribution in [-0.2, 0) is 4.79 Å². The SMILES string of the molecule is O=C(CSc1ncccn1)N/N=C/c1ccc(C(=O)O)cc1. The molecule has 112 valence electrons. The number of hydrogen-bond acceptors (Lipinski definition) is 6. The third-order valence-corrected chi connectivity index (χ3v) is 3.31. The Hall–Kier alpha value is -2.74. The molecule has 0 saturated carbocycles. The summed E-state index contributed by atoms with van der Waals surface area (Å²) < 4.78 is 0. The summed E-state index contributed by atoms with van der Waals surface area (Å²) in [4.78, 5) is 30.2. The van der Waals surface area contributed by atoms with Gasteiger partial charge in [-0.05, 0) is 23.8 Å². The van der Waals surface area contributed by atoms with Crippen molar-refractivity contribution in [3.8, 4) is 0 Å². The van der Waals surface area contributed by atoms with Gasteiger partial charge in [0.25, 0.3) is 5.91 Å². The van der Waals surface area contributed by atoms with Gasteiger partial charge >= 0.3 is 5.97 Å². The fourth-order valence-corrected chi connectivity index (χ4v) is 2.01. The Morgan fingerprint density at radius 2 is 1.91 bits per heavy atom. The van der Waals surface area contributed by atoms with Crippen LogP contribution < -0.4 is 5.43 Å². The number of carbonyl (C=O) groups excluding carboxylic acids is 1. The van der Waals surface area contributed by atoms with Crippen LogP contribution in [0.1, 0.15) is 15.9 Å². The zero-order chi connectivity index (χ0) is 15.8. The maximum absolute atomic E-state index is 11.6. The number of carboxylic acid groups (broad SMARTS) is 1. The number of nitrogens with zero attached hydrogens (tertiary/aromatic N) is 3. The highest BCUT2D eigenvalue weighted by Gasteiger charge is 2.03. The number of carboxylic acids is 1. The van der Waals surface area contributed by atoms with Gasteiger partial charge in [-0.25, -0.2) is 20.2 Å². The number of hydrazone groups is 1. The largest absolute Gasteiger partial charge is 0.478 e. The number of aromatic carboxylic acids is 1. The molecule has 8 heteroatoms. The van der Waals surface area contributed by atoms with Crippen molar-refractivity contribution in [2.24, 2.45) is 5.10 Å². The van der Waals surface area contributed by atoms with Crippen LogP contribution in [0.2, 0.25) is 0 Å². The lowest BCUT2D eigenvalue weighted by atomic mass is 10.1. The molecular formula is C14H12N4O3S. The van der Waals surface area contributed by atoms with E-state index in [2.05, 4.69) is 20.5 Å². The van der Waals surface area contributed by atoms with Gasteiger partial charge in [-0.3, -0.25) is 4.79 Å². The first kappa shape index (κ1) is 15.6. The summed E-state index contributed by atoms with van der Waals surface area (Å²) in [5.41, 5.74) is 3.26. The Kier molecular flexibility index (Phi) is 5.61. The highest BCUT2D eigenvalue weighted by Crippen LogP contribution is 2.09. The summed E-state index contributed by atoms with van der Waals surface area (Å²) in [6, 6.07) is 7.84. The van der Waals surface area contributed by atoms with Crippen LogP contribution in [0.4, 0.5) is 0 Å². The average molecular weight is 316 g/mol. The first-order valence-corrected chi connectivity index (χ1v) is 7.19. The van der Waals surface area contributed by atoms with Crippen molar-refractivity contribution in [2.75, 3.05) is 5.75 Å². The second-order valence-electron chi connectivity index (χ2n) is 4.04. The molecule has 2 aromatic rings. The van der Waals surface area contributed by atoms with E-state index in [9.17, 15) is 9.59 Å². The van der Waals surface area contributed by atoms with Gasteiger partial charge in [0.05, 0.1) is 17.5 Å². The lowest BCUT2D eigenvalue weighted by molar-refractivity contribution is -0.118. The van der Waals surface area contributed by atoms with Crippen LogP contribution in [0, 0.1) is 0 Å². The summed E-state index contributed by atoms with van der Waals surface area (Å²) in [5, 5.41) is 13.1. The molecule has 7 nitrogen and oxygen atoms in total. The quantitative estimate of drug-likeness (QED) is 0.361. The molecule has 2 N–H and O–H groups in total. The predicted molar refractivity (Wildman–Crippen MR) is 81.9 cm³/mol. The van der Waals surface area contributed by atoms with Crippen LogP contribution in [0.25, 0.3) is 0 Å². The third-order valence-electron chi connectivity index (χ3n) is 2.43. The van der Waals surface area contributed by atoms with E-state index < -0.39 is 5.97 Å². The molecule has 1 heterocycles. The molecule has 22 heavy (non-hydrogen) atoms. The van der Waals surface area contributed by atoms with Crippen LogP contribution in [-0.4, -0.2) is 38.9 Å². The maximum atomic E-state index is 11.6. The minimum absolute atomic E-state index is 0.152. The van der Waals surface area contributed by atoms with Crippen LogP contribution in [0.5, 0.6) is 0 Å². The van der Waals surface area contributed by atoms with Gasteiger partial charge in [-0.2, -0.15) is 5.10 Å². The molecule has 0 aliphatic carbocycles. The van der Waals surface area contributed by atoms with E-state index in [0.29, 0.717) is 10.7 Å². The lowest BCUT2D eigenvalue weighted by Gasteiger charge is -1.99. The normalized spacial score (nSPS) is 10.5. The van der Waals surface area contributed by atoms with E-state index in [4.69, 9.17) is 5.11 Å². The van der Waals surface area contributed by atoms with Gasteiger partial charge in [0, 0.05) is 12.4 Å². The molecule has 0 saturated heterocycles. The smallest absolute Gasteiger partial charge is 0.335 e. The number of benzene rings is 1. The Balaban J connectivity index is 1.79. The van der Waals surface area contributed by atoms with E-state index in [1.807, 2.05) is 0 Å². The van der Waals surface area contributed by atoms with Crippen LogP contribution in [0.3, 0.4) is 0 Å². The molecule has 0 unspecified atom stereocenters.